The van der Waals surface area contributed by atoms with E-state index in [1.165, 1.54) is 0 Å². The van der Waals surface area contributed by atoms with Crippen LogP contribution in [0.25, 0.3) is 0 Å². The molecule has 2 amide bonds. The first-order valence-electron chi connectivity index (χ1n) is 11.3. The summed E-state index contributed by atoms with van der Waals surface area (Å²) in [6, 6.07) is 14.4. The third-order valence-electron chi connectivity index (χ3n) is 5.64. The van der Waals surface area contributed by atoms with Crippen molar-refractivity contribution in [2.75, 3.05) is 7.05 Å². The Morgan fingerprint density at radius 2 is 1.97 bits per heavy atom. The molecule has 3 rings (SSSR count). The first-order chi connectivity index (χ1) is 16.5. The van der Waals surface area contributed by atoms with Crippen molar-refractivity contribution in [3.05, 3.63) is 70.8 Å². The number of hydrogen-bond donors (Lipinski definition) is 1. The van der Waals surface area contributed by atoms with Crippen LogP contribution in [-0.4, -0.2) is 42.1 Å². The van der Waals surface area contributed by atoms with Crippen molar-refractivity contribution in [2.24, 2.45) is 0 Å². The highest BCUT2D eigenvalue weighted by molar-refractivity contribution is 6.00. The maximum absolute atomic E-state index is 12.2. The van der Waals surface area contributed by atoms with Crippen LogP contribution in [0.3, 0.4) is 0 Å². The number of carbonyl (C=O) groups is 4. The predicted octanol–water partition coefficient (Wildman–Crippen LogP) is 3.00. The molecular formula is C27H28N2O5. The number of ether oxygens (including phenoxy) is 1. The Kier molecular flexibility index (Phi) is 9.12. The van der Waals surface area contributed by atoms with Crippen molar-refractivity contribution in [3.8, 4) is 11.8 Å². The highest BCUT2D eigenvalue weighted by Crippen LogP contribution is 2.19. The number of esters is 1. The van der Waals surface area contributed by atoms with Crippen LogP contribution in [0.2, 0.25) is 0 Å². The lowest BCUT2D eigenvalue weighted by Gasteiger charge is -2.30. The second kappa shape index (κ2) is 12.5. The van der Waals surface area contributed by atoms with Crippen LogP contribution in [0.15, 0.2) is 48.5 Å². The zero-order valence-corrected chi connectivity index (χ0v) is 19.2. The number of rotatable bonds is 9. The molecule has 1 aliphatic heterocycles. The van der Waals surface area contributed by atoms with Gasteiger partial charge in [-0.25, -0.2) is 0 Å². The van der Waals surface area contributed by atoms with Gasteiger partial charge < -0.3 is 4.74 Å². The monoisotopic (exact) mass is 460 g/mol. The molecule has 1 aliphatic rings. The average molecular weight is 461 g/mol. The summed E-state index contributed by atoms with van der Waals surface area (Å²) in [6.07, 6.45) is 2.86. The second-order valence-electron chi connectivity index (χ2n) is 8.17. The number of aldehydes is 1. The summed E-state index contributed by atoms with van der Waals surface area (Å²) in [5.74, 6) is 5.32. The smallest absolute Gasteiger partial charge is 0.306 e. The molecule has 34 heavy (non-hydrogen) atoms. The summed E-state index contributed by atoms with van der Waals surface area (Å²) < 4.78 is 5.27. The van der Waals surface area contributed by atoms with Gasteiger partial charge in [0.25, 0.3) is 0 Å². The standard InChI is InChI=1S/C27H28N2O5/c1-29(24-15-16-25(31)28-27(24)33)17-23-21(12-8-13-22(23)18-30)11-6-3-7-14-26(32)34-19-20-9-4-2-5-10-20/h2,4-5,8-10,12-13,18,24H,3,7,14-17,19H2,1H3,(H,28,31,33). The lowest BCUT2D eigenvalue weighted by atomic mass is 9.99. The molecule has 1 unspecified atom stereocenters. The van der Waals surface area contributed by atoms with Crippen LogP contribution in [0.5, 0.6) is 0 Å². The van der Waals surface area contributed by atoms with E-state index in [9.17, 15) is 19.2 Å². The average Bonchev–Trinajstić information content (AvgIpc) is 2.83. The minimum atomic E-state index is -0.444. The fourth-order valence-electron chi connectivity index (χ4n) is 3.76. The van der Waals surface area contributed by atoms with Crippen molar-refractivity contribution in [1.29, 1.82) is 0 Å². The van der Waals surface area contributed by atoms with E-state index in [4.69, 9.17) is 4.74 Å². The summed E-state index contributed by atoms with van der Waals surface area (Å²) in [6.45, 7) is 0.602. The van der Waals surface area contributed by atoms with E-state index < -0.39 is 6.04 Å². The molecule has 0 aromatic heterocycles. The molecule has 0 radical (unpaired) electrons. The maximum atomic E-state index is 12.2. The minimum Gasteiger partial charge on any atom is -0.461 e. The van der Waals surface area contributed by atoms with Crippen LogP contribution in [0.1, 0.15) is 59.2 Å². The van der Waals surface area contributed by atoms with Crippen molar-refractivity contribution in [2.45, 2.75) is 51.3 Å². The number of nitrogens with one attached hydrogen (secondary N) is 1. The molecule has 1 heterocycles. The molecule has 7 heteroatoms. The Morgan fingerprint density at radius 1 is 1.18 bits per heavy atom. The van der Waals surface area contributed by atoms with E-state index in [2.05, 4.69) is 17.2 Å². The molecule has 176 valence electrons. The summed E-state index contributed by atoms with van der Waals surface area (Å²) in [5.41, 5.74) is 2.89. The summed E-state index contributed by atoms with van der Waals surface area (Å²) >= 11 is 0. The first-order valence-corrected chi connectivity index (χ1v) is 11.3. The summed E-state index contributed by atoms with van der Waals surface area (Å²) in [4.78, 5) is 49.0. The molecule has 7 nitrogen and oxygen atoms in total. The largest absolute Gasteiger partial charge is 0.461 e. The van der Waals surface area contributed by atoms with Gasteiger partial charge in [-0.1, -0.05) is 54.3 Å². The van der Waals surface area contributed by atoms with Crippen LogP contribution in [-0.2, 0) is 32.3 Å². The number of piperidine rings is 1. The number of carbonyl (C=O) groups excluding carboxylic acids is 4. The number of unbranched alkanes of at least 4 members (excludes halogenated alkanes) is 1. The number of hydrogen-bond acceptors (Lipinski definition) is 6. The van der Waals surface area contributed by atoms with Gasteiger partial charge in [0, 0.05) is 36.9 Å². The number of nitrogens with zero attached hydrogens (tertiary/aromatic N) is 1. The van der Waals surface area contributed by atoms with Crippen LogP contribution in [0, 0.1) is 11.8 Å². The molecule has 0 aliphatic carbocycles. The predicted molar refractivity (Wildman–Crippen MR) is 126 cm³/mol. The van der Waals surface area contributed by atoms with Gasteiger partial charge in [-0.2, -0.15) is 0 Å². The summed E-state index contributed by atoms with van der Waals surface area (Å²) in [5, 5.41) is 2.36. The van der Waals surface area contributed by atoms with Gasteiger partial charge in [0.2, 0.25) is 11.8 Å². The Balaban J connectivity index is 1.56. The van der Waals surface area contributed by atoms with E-state index in [-0.39, 0.29) is 37.2 Å². The quantitative estimate of drug-likeness (QED) is 0.203. The second-order valence-corrected chi connectivity index (χ2v) is 8.17. The Morgan fingerprint density at radius 3 is 2.71 bits per heavy atom. The summed E-state index contributed by atoms with van der Waals surface area (Å²) in [7, 11) is 1.79. The Labute approximate surface area is 199 Å². The Hall–Kier alpha value is -3.76. The van der Waals surface area contributed by atoms with E-state index >= 15 is 0 Å². The molecule has 1 atom stereocenters. The van der Waals surface area contributed by atoms with Crippen LogP contribution < -0.4 is 5.32 Å². The number of amides is 2. The third kappa shape index (κ3) is 7.12. The molecule has 0 saturated carbocycles. The lowest BCUT2D eigenvalue weighted by Crippen LogP contribution is -2.51. The number of likely N-dealkylation sites (N-methyl/N-ethyl adjacent to an activating group) is 1. The van der Waals surface area contributed by atoms with Gasteiger partial charge in [0.05, 0.1) is 6.04 Å². The van der Waals surface area contributed by atoms with Crippen molar-refractivity contribution < 1.29 is 23.9 Å². The SMILES string of the molecule is CN(Cc1c(C#CCCCC(=O)OCc2ccccc2)cccc1C=O)C1CCC(=O)NC1=O. The van der Waals surface area contributed by atoms with E-state index in [1.54, 1.807) is 19.2 Å². The van der Waals surface area contributed by atoms with Gasteiger partial charge >= 0.3 is 5.97 Å². The molecule has 1 saturated heterocycles. The third-order valence-corrected chi connectivity index (χ3v) is 5.64. The number of imide groups is 1. The van der Waals surface area contributed by atoms with Crippen molar-refractivity contribution in [3.63, 3.8) is 0 Å². The van der Waals surface area contributed by atoms with Crippen molar-refractivity contribution >= 4 is 24.1 Å². The van der Waals surface area contributed by atoms with Crippen molar-refractivity contribution in [1.82, 2.24) is 10.2 Å². The van der Waals surface area contributed by atoms with Gasteiger partial charge in [-0.05, 0) is 37.1 Å². The first kappa shape index (κ1) is 24.9. The zero-order chi connectivity index (χ0) is 24.3. The Bertz CT molecular complexity index is 1100. The van der Waals surface area contributed by atoms with Gasteiger partial charge in [0.15, 0.2) is 0 Å². The molecule has 2 aromatic carbocycles. The van der Waals surface area contributed by atoms with E-state index in [1.807, 2.05) is 41.3 Å². The van der Waals surface area contributed by atoms with Gasteiger partial charge in [0.1, 0.15) is 12.9 Å². The fourth-order valence-corrected chi connectivity index (χ4v) is 3.76. The zero-order valence-electron chi connectivity index (χ0n) is 19.2. The topological polar surface area (TPSA) is 92.8 Å². The van der Waals surface area contributed by atoms with E-state index in [0.29, 0.717) is 36.9 Å². The minimum absolute atomic E-state index is 0.258. The molecular weight excluding hydrogens is 432 g/mol. The molecule has 0 spiro atoms. The normalized spacial score (nSPS) is 15.3. The molecule has 0 bridgehead atoms. The molecule has 2 aromatic rings. The van der Waals surface area contributed by atoms with Gasteiger partial charge in [-0.3, -0.25) is 29.4 Å². The van der Waals surface area contributed by atoms with E-state index in [0.717, 1.165) is 17.4 Å². The number of benzene rings is 2. The highest BCUT2D eigenvalue weighted by atomic mass is 16.5. The van der Waals surface area contributed by atoms with Crippen LogP contribution >= 0.6 is 0 Å². The lowest BCUT2D eigenvalue weighted by molar-refractivity contribution is -0.145. The van der Waals surface area contributed by atoms with Gasteiger partial charge in [-0.15, -0.1) is 0 Å². The maximum Gasteiger partial charge on any atom is 0.306 e. The van der Waals surface area contributed by atoms with Crippen LogP contribution in [0.4, 0.5) is 0 Å². The molecule has 1 N–H and O–H groups in total. The molecule has 1 fully saturated rings. The fraction of sp³-hybridized carbons (Fsp3) is 0.333. The highest BCUT2D eigenvalue weighted by Gasteiger charge is 2.30.